The molecule has 0 aromatic heterocycles. The SMILES string of the molecule is COC1=C(C(N)=O)S(=O)c2ccc(OC)cc21. The Morgan fingerprint density at radius 1 is 1.29 bits per heavy atom. The molecule has 2 N–H and O–H groups in total. The Morgan fingerprint density at radius 3 is 2.53 bits per heavy atom. The van der Waals surface area contributed by atoms with Crippen LogP contribution >= 0.6 is 0 Å². The first kappa shape index (κ1) is 11.7. The molecule has 0 bridgehead atoms. The lowest BCUT2D eigenvalue weighted by Crippen LogP contribution is -2.16. The summed E-state index contributed by atoms with van der Waals surface area (Å²) in [6.07, 6.45) is 0. The third kappa shape index (κ3) is 1.70. The zero-order valence-electron chi connectivity index (χ0n) is 9.35. The summed E-state index contributed by atoms with van der Waals surface area (Å²) in [5, 5.41) is 0. The van der Waals surface area contributed by atoms with Crippen LogP contribution in [0.1, 0.15) is 5.56 Å². The summed E-state index contributed by atoms with van der Waals surface area (Å²) in [6.45, 7) is 0. The maximum absolute atomic E-state index is 12.0. The average molecular weight is 253 g/mol. The fraction of sp³-hybridized carbons (Fsp3) is 0.182. The Morgan fingerprint density at radius 2 is 2.00 bits per heavy atom. The number of benzene rings is 1. The van der Waals surface area contributed by atoms with Crippen molar-refractivity contribution in [1.82, 2.24) is 0 Å². The highest BCUT2D eigenvalue weighted by molar-refractivity contribution is 7.90. The number of fused-ring (bicyclic) bond motifs is 1. The summed E-state index contributed by atoms with van der Waals surface area (Å²) in [4.78, 5) is 11.8. The lowest BCUT2D eigenvalue weighted by atomic mass is 10.1. The number of hydrogen-bond donors (Lipinski definition) is 1. The number of rotatable bonds is 3. The summed E-state index contributed by atoms with van der Waals surface area (Å²) in [7, 11) is 1.35. The topological polar surface area (TPSA) is 78.6 Å². The molecule has 2 rings (SSSR count). The normalized spacial score (nSPS) is 17.9. The molecule has 0 spiro atoms. The molecule has 1 aliphatic rings. The van der Waals surface area contributed by atoms with Crippen molar-refractivity contribution in [3.63, 3.8) is 0 Å². The maximum Gasteiger partial charge on any atom is 0.261 e. The minimum Gasteiger partial charge on any atom is -0.497 e. The Bertz CT molecular complexity index is 550. The van der Waals surface area contributed by atoms with E-state index in [2.05, 4.69) is 0 Å². The van der Waals surface area contributed by atoms with E-state index in [1.54, 1.807) is 18.2 Å². The van der Waals surface area contributed by atoms with Gasteiger partial charge in [0.05, 0.1) is 29.9 Å². The second-order valence-electron chi connectivity index (χ2n) is 3.36. The molecule has 0 saturated heterocycles. The predicted octanol–water partition coefficient (Wildman–Crippen LogP) is 0.617. The van der Waals surface area contributed by atoms with Crippen LogP contribution in [0.25, 0.3) is 5.76 Å². The van der Waals surface area contributed by atoms with Crippen molar-refractivity contribution >= 4 is 22.5 Å². The monoisotopic (exact) mass is 253 g/mol. The highest BCUT2D eigenvalue weighted by Gasteiger charge is 2.33. The van der Waals surface area contributed by atoms with Crippen LogP contribution in [0.3, 0.4) is 0 Å². The minimum absolute atomic E-state index is 0.00393. The van der Waals surface area contributed by atoms with Gasteiger partial charge in [-0.2, -0.15) is 0 Å². The summed E-state index contributed by atoms with van der Waals surface area (Å²) < 4.78 is 22.2. The highest BCUT2D eigenvalue weighted by Crippen LogP contribution is 2.38. The van der Waals surface area contributed by atoms with Crippen LogP contribution in [0.5, 0.6) is 5.75 Å². The van der Waals surface area contributed by atoms with Crippen LogP contribution in [0.4, 0.5) is 0 Å². The minimum atomic E-state index is -1.58. The quantitative estimate of drug-likeness (QED) is 0.856. The molecule has 0 radical (unpaired) electrons. The van der Waals surface area contributed by atoms with Crippen LogP contribution in [0.15, 0.2) is 28.0 Å². The Balaban J connectivity index is 2.66. The van der Waals surface area contributed by atoms with E-state index in [-0.39, 0.29) is 10.7 Å². The van der Waals surface area contributed by atoms with Gasteiger partial charge < -0.3 is 15.2 Å². The number of carbonyl (C=O) groups excluding carboxylic acids is 1. The molecular formula is C11H11NO4S. The smallest absolute Gasteiger partial charge is 0.261 e. The number of nitrogens with two attached hydrogens (primary N) is 1. The third-order valence-electron chi connectivity index (χ3n) is 2.45. The van der Waals surface area contributed by atoms with E-state index in [0.29, 0.717) is 16.2 Å². The molecule has 0 fully saturated rings. The van der Waals surface area contributed by atoms with E-state index >= 15 is 0 Å². The van der Waals surface area contributed by atoms with E-state index in [4.69, 9.17) is 15.2 Å². The van der Waals surface area contributed by atoms with Crippen molar-refractivity contribution in [2.24, 2.45) is 5.73 Å². The average Bonchev–Trinajstić information content (AvgIpc) is 2.61. The van der Waals surface area contributed by atoms with Crippen LogP contribution in [0.2, 0.25) is 0 Å². The van der Waals surface area contributed by atoms with Crippen molar-refractivity contribution in [2.75, 3.05) is 14.2 Å². The first-order valence-electron chi connectivity index (χ1n) is 4.78. The Kier molecular flexibility index (Phi) is 2.89. The van der Waals surface area contributed by atoms with Gasteiger partial charge in [-0.15, -0.1) is 0 Å². The largest absolute Gasteiger partial charge is 0.497 e. The van der Waals surface area contributed by atoms with E-state index in [1.165, 1.54) is 14.2 Å². The highest BCUT2D eigenvalue weighted by atomic mass is 32.2. The fourth-order valence-corrected chi connectivity index (χ4v) is 3.00. The standard InChI is InChI=1S/C11H11NO4S/c1-15-6-3-4-8-7(5-6)9(16-2)10(11(12)13)17(8)14/h3-5H,1-2H3,(H2,12,13). The molecule has 1 atom stereocenters. The van der Waals surface area contributed by atoms with Gasteiger partial charge in [-0.3, -0.25) is 4.79 Å². The zero-order valence-corrected chi connectivity index (χ0v) is 10.2. The molecule has 1 unspecified atom stereocenters. The predicted molar refractivity (Wildman–Crippen MR) is 62.5 cm³/mol. The van der Waals surface area contributed by atoms with E-state index < -0.39 is 16.7 Å². The van der Waals surface area contributed by atoms with Gasteiger partial charge in [-0.25, -0.2) is 4.21 Å². The van der Waals surface area contributed by atoms with Crippen molar-refractivity contribution < 1.29 is 18.5 Å². The summed E-state index contributed by atoms with van der Waals surface area (Å²) >= 11 is 0. The molecule has 1 amide bonds. The first-order valence-corrected chi connectivity index (χ1v) is 5.93. The summed E-state index contributed by atoms with van der Waals surface area (Å²) in [5.41, 5.74) is 5.79. The lowest BCUT2D eigenvalue weighted by Gasteiger charge is -2.05. The lowest BCUT2D eigenvalue weighted by molar-refractivity contribution is -0.113. The van der Waals surface area contributed by atoms with Gasteiger partial charge in [0.1, 0.15) is 11.5 Å². The molecule has 0 saturated carbocycles. The fourth-order valence-electron chi connectivity index (χ4n) is 1.70. The number of hydrogen-bond acceptors (Lipinski definition) is 4. The van der Waals surface area contributed by atoms with Gasteiger partial charge >= 0.3 is 0 Å². The summed E-state index contributed by atoms with van der Waals surface area (Å²) in [6, 6.07) is 4.98. The van der Waals surface area contributed by atoms with Gasteiger partial charge in [0.15, 0.2) is 4.91 Å². The third-order valence-corrected chi connectivity index (χ3v) is 3.96. The van der Waals surface area contributed by atoms with E-state index in [0.717, 1.165) is 0 Å². The molecule has 0 aliphatic carbocycles. The molecule has 17 heavy (non-hydrogen) atoms. The van der Waals surface area contributed by atoms with Crippen molar-refractivity contribution in [3.05, 3.63) is 28.7 Å². The second kappa shape index (κ2) is 4.21. The van der Waals surface area contributed by atoms with Gasteiger partial charge in [-0.1, -0.05) is 0 Å². The van der Waals surface area contributed by atoms with Crippen LogP contribution < -0.4 is 10.5 Å². The number of methoxy groups -OCH3 is 2. The van der Waals surface area contributed by atoms with E-state index in [1.807, 2.05) is 0 Å². The molecule has 1 aromatic carbocycles. The molecule has 6 heteroatoms. The van der Waals surface area contributed by atoms with Crippen molar-refractivity contribution in [3.8, 4) is 5.75 Å². The second-order valence-corrected chi connectivity index (χ2v) is 4.74. The molecule has 1 aromatic rings. The maximum atomic E-state index is 12.0. The van der Waals surface area contributed by atoms with Crippen molar-refractivity contribution in [1.29, 1.82) is 0 Å². The molecule has 1 aliphatic heterocycles. The van der Waals surface area contributed by atoms with Crippen molar-refractivity contribution in [2.45, 2.75) is 4.90 Å². The summed E-state index contributed by atoms with van der Waals surface area (Å²) in [5.74, 6) is 0.112. The number of amides is 1. The van der Waals surface area contributed by atoms with Gasteiger partial charge in [-0.05, 0) is 18.2 Å². The Labute approximate surface area is 101 Å². The number of ether oxygens (including phenoxy) is 2. The molecule has 1 heterocycles. The van der Waals surface area contributed by atoms with Crippen LogP contribution in [0, 0.1) is 0 Å². The van der Waals surface area contributed by atoms with Crippen LogP contribution in [-0.4, -0.2) is 24.3 Å². The number of carbonyl (C=O) groups is 1. The zero-order chi connectivity index (χ0) is 12.6. The molecule has 5 nitrogen and oxygen atoms in total. The van der Waals surface area contributed by atoms with Crippen LogP contribution in [-0.2, 0) is 20.3 Å². The Hall–Kier alpha value is -1.82. The van der Waals surface area contributed by atoms with Gasteiger partial charge in [0, 0.05) is 5.56 Å². The van der Waals surface area contributed by atoms with Gasteiger partial charge in [0.25, 0.3) is 5.91 Å². The van der Waals surface area contributed by atoms with Gasteiger partial charge in [0.2, 0.25) is 0 Å². The number of primary amides is 1. The first-order chi connectivity index (χ1) is 8.10. The molecular weight excluding hydrogens is 242 g/mol. The van der Waals surface area contributed by atoms with E-state index in [9.17, 15) is 9.00 Å². The molecule has 90 valence electrons.